The van der Waals surface area contributed by atoms with E-state index < -0.39 is 16.7 Å². The van der Waals surface area contributed by atoms with Crippen LogP contribution in [0.4, 0.5) is 0 Å². The molecular formula is C6H8N3O2S. The molecule has 1 rings (SSSR count). The summed E-state index contributed by atoms with van der Waals surface area (Å²) in [6.07, 6.45) is 5.23. The van der Waals surface area contributed by atoms with Gasteiger partial charge >= 0.3 is 0 Å². The highest BCUT2D eigenvalue weighted by atomic mass is 32.2. The van der Waals surface area contributed by atoms with Gasteiger partial charge in [0.2, 0.25) is 0 Å². The monoisotopic (exact) mass is 186 g/mol. The summed E-state index contributed by atoms with van der Waals surface area (Å²) >= 11 is 0. The molecule has 65 valence electrons. The zero-order chi connectivity index (χ0) is 8.97. The van der Waals surface area contributed by atoms with Crippen LogP contribution in [-0.4, -0.2) is 24.1 Å². The Balaban J connectivity index is 2.71. The molecule has 0 aromatic carbocycles. The van der Waals surface area contributed by atoms with E-state index in [2.05, 4.69) is 16.2 Å². The highest BCUT2D eigenvalue weighted by molar-refractivity contribution is 7.72. The fourth-order valence-electron chi connectivity index (χ4n) is 0.719. The Kier molecular flexibility index (Phi) is 3.12. The van der Waals surface area contributed by atoms with E-state index in [4.69, 9.17) is 5.73 Å². The van der Waals surface area contributed by atoms with E-state index in [1.54, 1.807) is 0 Å². The molecule has 0 saturated heterocycles. The Morgan fingerprint density at radius 1 is 1.67 bits per heavy atom. The van der Waals surface area contributed by atoms with Crippen molar-refractivity contribution in [3.05, 3.63) is 24.3 Å². The fraction of sp³-hybridized carbons (Fsp3) is 0.333. The predicted molar refractivity (Wildman–Crippen MR) is 43.0 cm³/mol. The lowest BCUT2D eigenvalue weighted by Gasteiger charge is -2.04. The molecule has 1 heterocycles. The molecule has 2 N–H and O–H groups in total. The lowest BCUT2D eigenvalue weighted by atomic mass is 10.3. The van der Waals surface area contributed by atoms with Crippen molar-refractivity contribution in [3.8, 4) is 0 Å². The summed E-state index contributed by atoms with van der Waals surface area (Å²) in [7, 11) is -2.47. The molecule has 0 aliphatic heterocycles. The van der Waals surface area contributed by atoms with Crippen molar-refractivity contribution in [2.45, 2.75) is 6.04 Å². The molecule has 0 aliphatic rings. The van der Waals surface area contributed by atoms with Gasteiger partial charge in [-0.25, -0.2) is 8.42 Å². The first-order valence-corrected chi connectivity index (χ1v) is 4.62. The van der Waals surface area contributed by atoms with Gasteiger partial charge in [0, 0.05) is 0 Å². The fourth-order valence-corrected chi connectivity index (χ4v) is 1.23. The first kappa shape index (κ1) is 9.08. The maximum Gasteiger partial charge on any atom is 0.142 e. The molecule has 0 fully saturated rings. The standard InChI is InChI=1S/C6H8N3O2S/c7-5(4-12(10)11)6-3-8-1-2-9-6/h2-3,5,12H,4,7H2. The predicted octanol–water partition coefficient (Wildman–Crippen LogP) is -1.11. The summed E-state index contributed by atoms with van der Waals surface area (Å²) in [5, 5.41) is 0. The number of hydrogen-bond donors (Lipinski definition) is 2. The van der Waals surface area contributed by atoms with Gasteiger partial charge in [-0.15, -0.1) is 0 Å². The van der Waals surface area contributed by atoms with Crippen LogP contribution in [0.15, 0.2) is 12.4 Å². The summed E-state index contributed by atoms with van der Waals surface area (Å²) in [6, 6.07) is -0.590. The summed E-state index contributed by atoms with van der Waals surface area (Å²) in [5.41, 5.74) is 5.96. The number of nitrogens with zero attached hydrogens (tertiary/aromatic N) is 2. The van der Waals surface area contributed by atoms with Crippen LogP contribution in [0.25, 0.3) is 0 Å². The molecule has 1 atom stereocenters. The Bertz CT molecular complexity index is 304. The minimum atomic E-state index is -2.47. The normalized spacial score (nSPS) is 13.2. The van der Waals surface area contributed by atoms with E-state index in [-0.39, 0.29) is 5.75 Å². The minimum absolute atomic E-state index is 0.103. The van der Waals surface area contributed by atoms with Gasteiger partial charge in [-0.05, 0) is 0 Å². The van der Waals surface area contributed by atoms with E-state index in [1.165, 1.54) is 12.4 Å². The molecule has 0 amide bonds. The first-order valence-electron chi connectivity index (χ1n) is 3.25. The van der Waals surface area contributed by atoms with Crippen molar-refractivity contribution in [3.63, 3.8) is 0 Å². The molecular weight excluding hydrogens is 178 g/mol. The molecule has 0 bridgehead atoms. The largest absolute Gasteiger partial charge is 0.322 e. The SMILES string of the molecule is NC(C[SH](=O)=O)c1cn[c]cn1. The molecule has 5 nitrogen and oxygen atoms in total. The van der Waals surface area contributed by atoms with Crippen LogP contribution in [0.2, 0.25) is 0 Å². The van der Waals surface area contributed by atoms with Gasteiger partial charge in [-0.1, -0.05) is 0 Å². The van der Waals surface area contributed by atoms with Gasteiger partial charge < -0.3 is 5.73 Å². The van der Waals surface area contributed by atoms with Gasteiger partial charge in [0.1, 0.15) is 16.9 Å². The van der Waals surface area contributed by atoms with E-state index in [0.717, 1.165) is 0 Å². The Hall–Kier alpha value is -1.01. The summed E-state index contributed by atoms with van der Waals surface area (Å²) < 4.78 is 20.6. The maximum absolute atomic E-state index is 10.3. The van der Waals surface area contributed by atoms with Crippen molar-refractivity contribution in [1.29, 1.82) is 0 Å². The second kappa shape index (κ2) is 4.13. The number of nitrogens with two attached hydrogens (primary N) is 1. The van der Waals surface area contributed by atoms with Gasteiger partial charge in [0.25, 0.3) is 0 Å². The summed E-state index contributed by atoms with van der Waals surface area (Å²) in [4.78, 5) is 7.47. The van der Waals surface area contributed by atoms with Crippen LogP contribution in [-0.2, 0) is 10.7 Å². The minimum Gasteiger partial charge on any atom is -0.322 e. The Morgan fingerprint density at radius 2 is 2.42 bits per heavy atom. The van der Waals surface area contributed by atoms with Gasteiger partial charge in [0.05, 0.1) is 29.9 Å². The van der Waals surface area contributed by atoms with Gasteiger partial charge in [-0.2, -0.15) is 0 Å². The number of rotatable bonds is 3. The summed E-state index contributed by atoms with van der Waals surface area (Å²) in [6.45, 7) is 0. The van der Waals surface area contributed by atoms with Crippen LogP contribution in [0, 0.1) is 6.20 Å². The van der Waals surface area contributed by atoms with Gasteiger partial charge in [0.15, 0.2) is 0 Å². The Labute approximate surface area is 71.6 Å². The van der Waals surface area contributed by atoms with E-state index in [9.17, 15) is 8.42 Å². The number of aromatic nitrogens is 2. The second-order valence-corrected chi connectivity index (χ2v) is 3.22. The smallest absolute Gasteiger partial charge is 0.142 e. The van der Waals surface area contributed by atoms with Crippen molar-refractivity contribution in [2.75, 3.05) is 5.75 Å². The van der Waals surface area contributed by atoms with Crippen molar-refractivity contribution < 1.29 is 8.42 Å². The molecule has 1 aromatic heterocycles. The Morgan fingerprint density at radius 3 is 2.92 bits per heavy atom. The highest BCUT2D eigenvalue weighted by Gasteiger charge is 2.07. The van der Waals surface area contributed by atoms with Crippen LogP contribution >= 0.6 is 0 Å². The lowest BCUT2D eigenvalue weighted by molar-refractivity contribution is 0.606. The van der Waals surface area contributed by atoms with Crippen LogP contribution in [0.3, 0.4) is 0 Å². The zero-order valence-electron chi connectivity index (χ0n) is 6.17. The molecule has 1 radical (unpaired) electrons. The van der Waals surface area contributed by atoms with Crippen molar-refractivity contribution in [2.24, 2.45) is 5.73 Å². The van der Waals surface area contributed by atoms with Crippen molar-refractivity contribution in [1.82, 2.24) is 9.97 Å². The van der Waals surface area contributed by atoms with Crippen LogP contribution in [0.1, 0.15) is 11.7 Å². The highest BCUT2D eigenvalue weighted by Crippen LogP contribution is 2.03. The lowest BCUT2D eigenvalue weighted by Crippen LogP contribution is -2.17. The molecule has 0 saturated carbocycles. The van der Waals surface area contributed by atoms with Crippen LogP contribution in [0.5, 0.6) is 0 Å². The molecule has 0 spiro atoms. The molecule has 0 aliphatic carbocycles. The molecule has 1 unspecified atom stereocenters. The zero-order valence-corrected chi connectivity index (χ0v) is 7.07. The maximum atomic E-state index is 10.3. The molecule has 6 heteroatoms. The average Bonchev–Trinajstić information content (AvgIpc) is 2.05. The van der Waals surface area contributed by atoms with E-state index in [1.807, 2.05) is 0 Å². The third-order valence-corrected chi connectivity index (χ3v) is 1.96. The van der Waals surface area contributed by atoms with E-state index in [0.29, 0.717) is 5.69 Å². The summed E-state index contributed by atoms with van der Waals surface area (Å²) in [5.74, 6) is -0.103. The molecule has 1 aromatic rings. The van der Waals surface area contributed by atoms with E-state index >= 15 is 0 Å². The van der Waals surface area contributed by atoms with Crippen LogP contribution < -0.4 is 5.73 Å². The molecule has 12 heavy (non-hydrogen) atoms. The first-order chi connectivity index (χ1) is 5.70. The number of thiol groups is 1. The number of hydrogen-bond acceptors (Lipinski definition) is 5. The quantitative estimate of drug-likeness (QED) is 0.584. The van der Waals surface area contributed by atoms with Gasteiger partial charge in [-0.3, -0.25) is 9.97 Å². The third kappa shape index (κ3) is 2.55. The topological polar surface area (TPSA) is 85.9 Å². The second-order valence-electron chi connectivity index (χ2n) is 2.19. The average molecular weight is 186 g/mol. The third-order valence-electron chi connectivity index (χ3n) is 1.27. The van der Waals surface area contributed by atoms with Crippen molar-refractivity contribution >= 4 is 10.7 Å².